The van der Waals surface area contributed by atoms with Gasteiger partial charge >= 0.3 is 30.1 Å². The van der Waals surface area contributed by atoms with Crippen LogP contribution in [-0.4, -0.2) is 128 Å². The van der Waals surface area contributed by atoms with Crippen molar-refractivity contribution in [1.82, 2.24) is 54.6 Å². The Morgan fingerprint density at radius 2 is 0.824 bits per heavy atom. The molecular formula is C69H66BrF3N12O17. The first-order valence-corrected chi connectivity index (χ1v) is 31.7. The number of aromatic nitrogens is 11. The first-order valence-electron chi connectivity index (χ1n) is 30.9. The number of aromatic carboxylic acids is 1. The molecule has 0 aliphatic heterocycles. The number of alkyl halides is 3. The van der Waals surface area contributed by atoms with Crippen LogP contribution in [-0.2, 0) is 26.8 Å². The summed E-state index contributed by atoms with van der Waals surface area (Å²) in [6.45, 7) is 11.1. The molecule has 0 saturated heterocycles. The zero-order chi connectivity index (χ0) is 74.1. The number of hydrogen-bond acceptors (Lipinski definition) is 25. The average molecular weight is 1470 g/mol. The topological polar surface area (TPSA) is 393 Å². The van der Waals surface area contributed by atoms with Crippen molar-refractivity contribution in [3.63, 3.8) is 0 Å². The molecule has 12 rings (SSSR count). The molecule has 33 heteroatoms. The Labute approximate surface area is 585 Å². The normalized spacial score (nSPS) is 12.3. The van der Waals surface area contributed by atoms with Crippen LogP contribution in [0.15, 0.2) is 167 Å². The summed E-state index contributed by atoms with van der Waals surface area (Å²) in [5, 5.41) is 40.0. The molecule has 0 saturated carbocycles. The number of nitrogens with two attached hydrogens (primary N) is 1. The van der Waals surface area contributed by atoms with Gasteiger partial charge in [0, 0.05) is 103 Å². The van der Waals surface area contributed by atoms with Crippen LogP contribution in [0, 0.1) is 0 Å². The SMILES string of the molecule is COC(=O)c1cc(C(C)C)no1.COC(=O)c1cc([C@@H](C)CC(=O)c2cnn3ccccc23)no1.COC(=O)c1cc([C@@H](C)N)no1.C[C@@H](CC(=O)c1cnn2ccccc12)c1cc(C(=O)Cc2ccc(Br)c(C(F)(F)F)c2)on1.C[C@@H](CC(=O)c1cnn2ccccc12)c1cc(C(=O)O)on1. The van der Waals surface area contributed by atoms with Gasteiger partial charge in [0.1, 0.15) is 5.69 Å². The summed E-state index contributed by atoms with van der Waals surface area (Å²) >= 11 is 2.88. The quantitative estimate of drug-likeness (QED) is 0.0383. The first-order chi connectivity index (χ1) is 48.6. The molecule has 0 aliphatic rings. The van der Waals surface area contributed by atoms with Gasteiger partial charge in [0.25, 0.3) is 0 Å². The lowest BCUT2D eigenvalue weighted by molar-refractivity contribution is -0.138. The molecule has 4 atom stereocenters. The number of pyridine rings is 3. The highest BCUT2D eigenvalue weighted by Crippen LogP contribution is 2.36. The molecule has 532 valence electrons. The number of methoxy groups -OCH3 is 3. The number of benzene rings is 1. The van der Waals surface area contributed by atoms with Crippen molar-refractivity contribution in [2.24, 2.45) is 5.73 Å². The van der Waals surface area contributed by atoms with Crippen molar-refractivity contribution in [1.29, 1.82) is 0 Å². The van der Waals surface area contributed by atoms with Gasteiger partial charge in [-0.1, -0.05) is 101 Å². The number of carboxylic acid groups (broad SMARTS) is 1. The molecule has 0 aliphatic carbocycles. The fourth-order valence-corrected chi connectivity index (χ4v) is 10.0. The third kappa shape index (κ3) is 19.3. The highest BCUT2D eigenvalue weighted by molar-refractivity contribution is 9.10. The van der Waals surface area contributed by atoms with E-state index in [9.17, 15) is 51.5 Å². The van der Waals surface area contributed by atoms with Crippen LogP contribution in [0.3, 0.4) is 0 Å². The lowest BCUT2D eigenvalue weighted by atomic mass is 9.97. The van der Waals surface area contributed by atoms with Crippen molar-refractivity contribution in [3.05, 3.63) is 230 Å². The summed E-state index contributed by atoms with van der Waals surface area (Å²) in [6.07, 6.45) is 5.65. The van der Waals surface area contributed by atoms with Crippen LogP contribution in [0.5, 0.6) is 0 Å². The number of rotatable bonds is 21. The second kappa shape index (κ2) is 34.3. The molecule has 0 fully saturated rings. The predicted octanol–water partition coefficient (Wildman–Crippen LogP) is 12.9. The van der Waals surface area contributed by atoms with Gasteiger partial charge in [-0.3, -0.25) is 19.2 Å². The molecule has 0 bridgehead atoms. The van der Waals surface area contributed by atoms with Crippen molar-refractivity contribution < 1.29 is 93.5 Å². The number of esters is 3. The van der Waals surface area contributed by atoms with E-state index in [1.165, 1.54) is 70.1 Å². The van der Waals surface area contributed by atoms with Crippen LogP contribution in [0.2, 0.25) is 0 Å². The number of hydrogen-bond donors (Lipinski definition) is 2. The van der Waals surface area contributed by atoms with Crippen molar-refractivity contribution in [3.8, 4) is 0 Å². The van der Waals surface area contributed by atoms with E-state index in [-0.39, 0.29) is 112 Å². The monoisotopic (exact) mass is 1470 g/mol. The third-order valence-electron chi connectivity index (χ3n) is 15.2. The molecule has 11 heterocycles. The van der Waals surface area contributed by atoms with Gasteiger partial charge in [-0.05, 0) is 66.9 Å². The number of ketones is 4. The fourth-order valence-electron chi connectivity index (χ4n) is 9.55. The molecule has 11 aromatic heterocycles. The van der Waals surface area contributed by atoms with Crippen LogP contribution < -0.4 is 5.73 Å². The number of carbonyl (C=O) groups is 8. The second-order valence-corrected chi connectivity index (χ2v) is 23.9. The van der Waals surface area contributed by atoms with Gasteiger partial charge in [-0.15, -0.1) is 0 Å². The molecule has 1 aromatic carbocycles. The minimum atomic E-state index is -4.54. The van der Waals surface area contributed by atoms with E-state index in [4.69, 9.17) is 28.9 Å². The number of halogens is 4. The maximum Gasteiger partial charge on any atom is 0.417 e. The highest BCUT2D eigenvalue weighted by atomic mass is 79.9. The van der Waals surface area contributed by atoms with E-state index in [2.05, 4.69) is 75.7 Å². The summed E-state index contributed by atoms with van der Waals surface area (Å²) in [4.78, 5) is 94.1. The summed E-state index contributed by atoms with van der Waals surface area (Å²) in [6, 6.07) is 27.2. The number of carboxylic acids is 1. The Balaban J connectivity index is 0.000000170. The number of ether oxygens (including phenoxy) is 3. The zero-order valence-electron chi connectivity index (χ0n) is 56.0. The summed E-state index contributed by atoms with van der Waals surface area (Å²) < 4.78 is 81.7. The Morgan fingerprint density at radius 3 is 1.17 bits per heavy atom. The van der Waals surface area contributed by atoms with Crippen LogP contribution in [0.25, 0.3) is 16.6 Å². The summed E-state index contributed by atoms with van der Waals surface area (Å²) in [5.74, 6) is -4.14. The van der Waals surface area contributed by atoms with E-state index < -0.39 is 41.4 Å². The zero-order valence-corrected chi connectivity index (χ0v) is 57.6. The minimum absolute atomic E-state index is 0.0257. The fraction of sp³-hybridized carbons (Fsp3) is 0.275. The standard InChI is InChI=1S/C23H17BrF3N3O3.C16H15N3O4.C15H13N3O4.C8H11NO3.C7H10N2O3/c1-13(8-20(31)15-12-28-30-7-3-2-4-19(15)30)18-11-22(33-29-18)21(32)10-14-5-6-17(24)16(9-14)23(25,26)27;1-10(12-8-15(23-18-12)16(21)22-2)7-14(20)11-9-17-19-6-4-3-5-13(11)19;1-9(11-7-14(15(20)21)22-17-11)6-13(19)10-8-16-18-5-3-2-4-12(10)18;1-5(2)6-4-7(12-9-6)8(10)11-3;1-4(8)5-3-6(12-9-5)7(10)11-2/h2-7,9,11-13H,8,10H2,1H3;3-6,8-10H,7H2,1-2H3;2-5,7-9H,6H2,1H3,(H,20,21);4-5H,1-3H3;3-4H,8H2,1-2H3/t13-;10-;9-;;4-/m000.1/s1. The first kappa shape index (κ1) is 75.9. The lowest BCUT2D eigenvalue weighted by Crippen LogP contribution is -2.09. The van der Waals surface area contributed by atoms with Crippen LogP contribution >= 0.6 is 15.9 Å². The van der Waals surface area contributed by atoms with E-state index >= 15 is 0 Å². The molecule has 102 heavy (non-hydrogen) atoms. The van der Waals surface area contributed by atoms with Crippen molar-refractivity contribution in [2.75, 3.05) is 21.3 Å². The van der Waals surface area contributed by atoms with Crippen LogP contribution in [0.1, 0.15) is 214 Å². The third-order valence-corrected chi connectivity index (χ3v) is 15.9. The molecule has 0 spiro atoms. The maximum atomic E-state index is 13.1. The highest BCUT2D eigenvalue weighted by Gasteiger charge is 2.34. The minimum Gasteiger partial charge on any atom is -0.475 e. The van der Waals surface area contributed by atoms with E-state index in [1.807, 2.05) is 69.3 Å². The molecule has 0 unspecified atom stereocenters. The Hall–Kier alpha value is -11.9. The van der Waals surface area contributed by atoms with Crippen LogP contribution in [0.4, 0.5) is 13.2 Å². The molecule has 0 radical (unpaired) electrons. The van der Waals surface area contributed by atoms with Gasteiger partial charge in [0.05, 0.1) is 101 Å². The largest absolute Gasteiger partial charge is 0.475 e. The summed E-state index contributed by atoms with van der Waals surface area (Å²) in [7, 11) is 3.85. The number of carbonyl (C=O) groups excluding carboxylic acids is 7. The molecule has 3 N–H and O–H groups in total. The Kier molecular flexibility index (Phi) is 25.5. The number of fused-ring (bicyclic) bond motifs is 3. The van der Waals surface area contributed by atoms with E-state index in [1.54, 1.807) is 71.2 Å². The van der Waals surface area contributed by atoms with E-state index in [0.717, 1.165) is 22.8 Å². The van der Waals surface area contributed by atoms with Gasteiger partial charge in [0.15, 0.2) is 17.3 Å². The van der Waals surface area contributed by atoms with Gasteiger partial charge in [0.2, 0.25) is 34.6 Å². The van der Waals surface area contributed by atoms with E-state index in [0.29, 0.717) is 45.0 Å². The van der Waals surface area contributed by atoms with Gasteiger partial charge in [-0.2, -0.15) is 28.5 Å². The molecular weight excluding hydrogens is 1410 g/mol. The molecule has 29 nitrogen and oxygen atoms in total. The van der Waals surface area contributed by atoms with Gasteiger partial charge in [-0.25, -0.2) is 32.7 Å². The predicted molar refractivity (Wildman–Crippen MR) is 355 cm³/mol. The van der Waals surface area contributed by atoms with Gasteiger partial charge < -0.3 is 47.7 Å². The van der Waals surface area contributed by atoms with Crippen molar-refractivity contribution in [2.45, 2.75) is 103 Å². The lowest BCUT2D eigenvalue weighted by Gasteiger charge is -2.10. The smallest absolute Gasteiger partial charge is 0.417 e. The Morgan fingerprint density at radius 1 is 0.480 bits per heavy atom. The number of Topliss-reactive ketones (excluding diaryl/α,β-unsaturated/α-hetero) is 4. The Bertz CT molecular complexity index is 4880. The maximum absolute atomic E-state index is 13.1. The average Bonchev–Trinajstić information content (AvgIpc) is 1.84. The second-order valence-electron chi connectivity index (χ2n) is 23.1. The van der Waals surface area contributed by atoms with Crippen molar-refractivity contribution >= 4 is 79.5 Å². The molecule has 0 amide bonds. The number of nitrogens with zero attached hydrogens (tertiary/aromatic N) is 11. The summed E-state index contributed by atoms with van der Waals surface area (Å²) in [5.41, 5.74) is 11.3. The molecule has 12 aromatic rings.